The number of rotatable bonds is 2. The second-order valence-electron chi connectivity index (χ2n) is 5.99. The van der Waals surface area contributed by atoms with E-state index in [-0.39, 0.29) is 0 Å². The highest BCUT2D eigenvalue weighted by atomic mass is 15.0. The molecule has 0 saturated heterocycles. The Labute approximate surface area is 110 Å². The summed E-state index contributed by atoms with van der Waals surface area (Å²) >= 11 is 0. The Morgan fingerprint density at radius 3 is 2.67 bits per heavy atom. The third-order valence-corrected chi connectivity index (χ3v) is 4.42. The Balaban J connectivity index is 1.92. The van der Waals surface area contributed by atoms with Gasteiger partial charge >= 0.3 is 0 Å². The predicted molar refractivity (Wildman–Crippen MR) is 78.0 cm³/mol. The quantitative estimate of drug-likeness (QED) is 0.709. The van der Waals surface area contributed by atoms with E-state index in [0.717, 1.165) is 5.92 Å². The minimum Gasteiger partial charge on any atom is -0.347 e. The molecule has 1 heterocycles. The highest BCUT2D eigenvalue weighted by molar-refractivity contribution is 5.84. The smallest absolute Gasteiger partial charge is 0.0485 e. The van der Waals surface area contributed by atoms with Crippen LogP contribution in [0.15, 0.2) is 24.4 Å². The molecule has 0 bridgehead atoms. The normalized spacial score (nSPS) is 17.4. The predicted octanol–water partition coefficient (Wildman–Crippen LogP) is 4.84. The fourth-order valence-electron chi connectivity index (χ4n) is 3.46. The van der Waals surface area contributed by atoms with E-state index in [1.807, 2.05) is 0 Å². The van der Waals surface area contributed by atoms with Gasteiger partial charge in [-0.15, -0.1) is 0 Å². The number of aromatic nitrogens is 1. The molecule has 0 atom stereocenters. The van der Waals surface area contributed by atoms with Gasteiger partial charge in [-0.05, 0) is 55.9 Å². The molecule has 96 valence electrons. The summed E-state index contributed by atoms with van der Waals surface area (Å²) < 4.78 is 2.48. The van der Waals surface area contributed by atoms with E-state index in [4.69, 9.17) is 0 Å². The lowest BCUT2D eigenvalue weighted by Crippen LogP contribution is -2.13. The van der Waals surface area contributed by atoms with E-state index in [9.17, 15) is 0 Å². The largest absolute Gasteiger partial charge is 0.347 e. The molecular formula is C17H23N. The number of hydrogen-bond acceptors (Lipinski definition) is 0. The number of fused-ring (bicyclic) bond motifs is 1. The number of hydrogen-bond donors (Lipinski definition) is 0. The summed E-state index contributed by atoms with van der Waals surface area (Å²) in [6.45, 7) is 5.64. The third kappa shape index (κ3) is 2.19. The van der Waals surface area contributed by atoms with Crippen LogP contribution in [0, 0.1) is 19.8 Å². The fourth-order valence-corrected chi connectivity index (χ4v) is 3.46. The first kappa shape index (κ1) is 11.8. The lowest BCUT2D eigenvalue weighted by molar-refractivity contribution is 0.322. The van der Waals surface area contributed by atoms with Crippen molar-refractivity contribution in [1.82, 2.24) is 4.57 Å². The summed E-state index contributed by atoms with van der Waals surface area (Å²) in [4.78, 5) is 0. The molecule has 1 nitrogen and oxygen atoms in total. The van der Waals surface area contributed by atoms with E-state index in [1.165, 1.54) is 60.7 Å². The van der Waals surface area contributed by atoms with E-state index in [0.29, 0.717) is 0 Å². The van der Waals surface area contributed by atoms with E-state index >= 15 is 0 Å². The van der Waals surface area contributed by atoms with Crippen LogP contribution in [0.1, 0.15) is 43.2 Å². The third-order valence-electron chi connectivity index (χ3n) is 4.42. The Morgan fingerprint density at radius 1 is 1.11 bits per heavy atom. The molecule has 0 unspecified atom stereocenters. The standard InChI is InChI=1S/C17H23N/c1-13-10-14(2)16-8-9-18(17(16)11-13)12-15-6-4-3-5-7-15/h8-11,15H,3-7,12H2,1-2H3. The summed E-state index contributed by atoms with van der Waals surface area (Å²) in [6.07, 6.45) is 9.44. The van der Waals surface area contributed by atoms with Gasteiger partial charge in [0.25, 0.3) is 0 Å². The second kappa shape index (κ2) is 4.79. The molecule has 0 N–H and O–H groups in total. The maximum Gasteiger partial charge on any atom is 0.0485 e. The SMILES string of the molecule is Cc1cc(C)c2ccn(CC3CCCCC3)c2c1. The Kier molecular flexibility index (Phi) is 3.15. The van der Waals surface area contributed by atoms with Gasteiger partial charge in [0.1, 0.15) is 0 Å². The van der Waals surface area contributed by atoms with Gasteiger partial charge in [0.05, 0.1) is 0 Å². The summed E-state index contributed by atoms with van der Waals surface area (Å²) in [7, 11) is 0. The van der Waals surface area contributed by atoms with E-state index in [1.54, 1.807) is 0 Å². The van der Waals surface area contributed by atoms with Gasteiger partial charge in [0, 0.05) is 23.6 Å². The van der Waals surface area contributed by atoms with Gasteiger partial charge < -0.3 is 4.57 Å². The molecule has 1 aliphatic carbocycles. The number of benzene rings is 1. The zero-order valence-electron chi connectivity index (χ0n) is 11.6. The van der Waals surface area contributed by atoms with Crippen molar-refractivity contribution in [3.8, 4) is 0 Å². The lowest BCUT2D eigenvalue weighted by Gasteiger charge is -2.22. The molecule has 0 spiro atoms. The molecule has 1 aromatic carbocycles. The maximum atomic E-state index is 2.48. The Morgan fingerprint density at radius 2 is 1.89 bits per heavy atom. The van der Waals surface area contributed by atoms with Crippen LogP contribution in [-0.2, 0) is 6.54 Å². The van der Waals surface area contributed by atoms with Crippen LogP contribution in [0.3, 0.4) is 0 Å². The van der Waals surface area contributed by atoms with Gasteiger partial charge in [-0.3, -0.25) is 0 Å². The second-order valence-corrected chi connectivity index (χ2v) is 5.99. The Bertz CT molecular complexity index is 544. The first-order valence-corrected chi connectivity index (χ1v) is 7.30. The number of nitrogens with zero attached hydrogens (tertiary/aromatic N) is 1. The molecule has 0 radical (unpaired) electrons. The minimum absolute atomic E-state index is 0.898. The first-order valence-electron chi connectivity index (χ1n) is 7.30. The van der Waals surface area contributed by atoms with Crippen molar-refractivity contribution in [2.24, 2.45) is 5.92 Å². The van der Waals surface area contributed by atoms with E-state index < -0.39 is 0 Å². The molecule has 0 amide bonds. The minimum atomic E-state index is 0.898. The van der Waals surface area contributed by atoms with Crippen LogP contribution >= 0.6 is 0 Å². The van der Waals surface area contributed by atoms with Gasteiger partial charge in [-0.25, -0.2) is 0 Å². The fraction of sp³-hybridized carbons (Fsp3) is 0.529. The van der Waals surface area contributed by atoms with Crippen LogP contribution in [0.5, 0.6) is 0 Å². The average Bonchev–Trinajstić information content (AvgIpc) is 2.74. The topological polar surface area (TPSA) is 4.93 Å². The van der Waals surface area contributed by atoms with Gasteiger partial charge in [-0.1, -0.05) is 25.3 Å². The van der Waals surface area contributed by atoms with Crippen molar-refractivity contribution in [3.05, 3.63) is 35.5 Å². The summed E-state index contributed by atoms with van der Waals surface area (Å²) in [5.74, 6) is 0.898. The molecule has 1 aliphatic rings. The molecule has 18 heavy (non-hydrogen) atoms. The van der Waals surface area contributed by atoms with Gasteiger partial charge in [-0.2, -0.15) is 0 Å². The van der Waals surface area contributed by atoms with Crippen LogP contribution in [0.25, 0.3) is 10.9 Å². The average molecular weight is 241 g/mol. The van der Waals surface area contributed by atoms with Crippen LogP contribution in [-0.4, -0.2) is 4.57 Å². The van der Waals surface area contributed by atoms with Crippen molar-refractivity contribution in [3.63, 3.8) is 0 Å². The van der Waals surface area contributed by atoms with Crippen LogP contribution in [0.4, 0.5) is 0 Å². The van der Waals surface area contributed by atoms with Crippen molar-refractivity contribution in [2.45, 2.75) is 52.5 Å². The molecule has 3 rings (SSSR count). The molecule has 1 aromatic heterocycles. The molecule has 1 saturated carbocycles. The molecular weight excluding hydrogens is 218 g/mol. The van der Waals surface area contributed by atoms with Gasteiger partial charge in [0.15, 0.2) is 0 Å². The van der Waals surface area contributed by atoms with Crippen LogP contribution < -0.4 is 0 Å². The maximum absolute atomic E-state index is 2.48. The zero-order valence-corrected chi connectivity index (χ0v) is 11.6. The van der Waals surface area contributed by atoms with E-state index in [2.05, 4.69) is 42.8 Å². The summed E-state index contributed by atoms with van der Waals surface area (Å²) in [5, 5.41) is 1.43. The highest BCUT2D eigenvalue weighted by Gasteiger charge is 2.15. The van der Waals surface area contributed by atoms with Crippen molar-refractivity contribution < 1.29 is 0 Å². The lowest BCUT2D eigenvalue weighted by atomic mass is 9.89. The molecule has 1 heteroatoms. The first-order chi connectivity index (χ1) is 8.74. The van der Waals surface area contributed by atoms with Crippen molar-refractivity contribution in [1.29, 1.82) is 0 Å². The zero-order chi connectivity index (χ0) is 12.5. The molecule has 0 aliphatic heterocycles. The highest BCUT2D eigenvalue weighted by Crippen LogP contribution is 2.28. The summed E-state index contributed by atoms with van der Waals surface area (Å²) in [5.41, 5.74) is 4.22. The number of aryl methyl sites for hydroxylation is 2. The summed E-state index contributed by atoms with van der Waals surface area (Å²) in [6, 6.07) is 6.91. The van der Waals surface area contributed by atoms with Gasteiger partial charge in [0.2, 0.25) is 0 Å². The Hall–Kier alpha value is -1.24. The van der Waals surface area contributed by atoms with Crippen LogP contribution in [0.2, 0.25) is 0 Å². The van der Waals surface area contributed by atoms with Crippen molar-refractivity contribution in [2.75, 3.05) is 0 Å². The molecule has 2 aromatic rings. The van der Waals surface area contributed by atoms with Crippen molar-refractivity contribution >= 4 is 10.9 Å². The monoisotopic (exact) mass is 241 g/mol. The molecule has 1 fully saturated rings.